The summed E-state index contributed by atoms with van der Waals surface area (Å²) >= 11 is 0. The zero-order valence-corrected chi connectivity index (χ0v) is 20.3. The van der Waals surface area contributed by atoms with E-state index < -0.39 is 0 Å². The third kappa shape index (κ3) is 5.02. The monoisotopic (exact) mass is 489 g/mol. The highest BCUT2D eigenvalue weighted by Crippen LogP contribution is 2.22. The molecular formula is C26H31N7O3. The van der Waals surface area contributed by atoms with Gasteiger partial charge in [-0.05, 0) is 56.4 Å². The van der Waals surface area contributed by atoms with E-state index >= 15 is 0 Å². The van der Waals surface area contributed by atoms with Gasteiger partial charge in [0.1, 0.15) is 5.52 Å². The molecule has 2 aliphatic rings. The Morgan fingerprint density at radius 1 is 1.00 bits per heavy atom. The molecule has 0 saturated carbocycles. The van der Waals surface area contributed by atoms with Crippen molar-refractivity contribution in [2.75, 3.05) is 37.2 Å². The minimum Gasteiger partial charge on any atom is -0.399 e. The highest BCUT2D eigenvalue weighted by atomic mass is 16.2. The molecule has 3 N–H and O–H groups in total. The number of fused-ring (bicyclic) bond motifs is 1. The van der Waals surface area contributed by atoms with Crippen LogP contribution >= 0.6 is 0 Å². The lowest BCUT2D eigenvalue weighted by Gasteiger charge is -2.26. The van der Waals surface area contributed by atoms with Crippen molar-refractivity contribution in [1.29, 1.82) is 0 Å². The fourth-order valence-electron chi connectivity index (χ4n) is 4.93. The summed E-state index contributed by atoms with van der Waals surface area (Å²) in [5, 5.41) is 2.88. The average molecular weight is 490 g/mol. The summed E-state index contributed by atoms with van der Waals surface area (Å²) in [5.41, 5.74) is 8.38. The van der Waals surface area contributed by atoms with Crippen LogP contribution in [0, 0.1) is 0 Å². The number of nitrogens with one attached hydrogen (secondary N) is 1. The Bertz CT molecular complexity index is 1300. The Morgan fingerprint density at radius 2 is 1.83 bits per heavy atom. The average Bonchev–Trinajstić information content (AvgIpc) is 3.46. The van der Waals surface area contributed by atoms with Crippen LogP contribution in [0.4, 0.5) is 11.6 Å². The number of nitrogens with zero attached hydrogens (tertiary/aromatic N) is 5. The summed E-state index contributed by atoms with van der Waals surface area (Å²) < 4.78 is 1.84. The lowest BCUT2D eigenvalue weighted by Crippen LogP contribution is -2.35. The Kier molecular flexibility index (Phi) is 6.84. The number of hydrogen-bond donors (Lipinski definition) is 2. The van der Waals surface area contributed by atoms with Gasteiger partial charge in [0.15, 0.2) is 5.65 Å². The van der Waals surface area contributed by atoms with E-state index in [2.05, 4.69) is 15.3 Å². The first-order valence-corrected chi connectivity index (χ1v) is 12.6. The normalized spacial score (nSPS) is 16.1. The number of nitrogen functional groups attached to an aromatic ring is 1. The van der Waals surface area contributed by atoms with E-state index in [0.29, 0.717) is 59.9 Å². The van der Waals surface area contributed by atoms with Crippen LogP contribution in [0.1, 0.15) is 59.2 Å². The second-order valence-corrected chi connectivity index (χ2v) is 9.42. The van der Waals surface area contributed by atoms with Crippen molar-refractivity contribution in [2.24, 2.45) is 0 Å². The molecule has 5 rings (SSSR count). The number of aryl methyl sites for hydroxylation is 1. The van der Waals surface area contributed by atoms with Crippen LogP contribution in [0.25, 0.3) is 11.2 Å². The second-order valence-electron chi connectivity index (χ2n) is 9.42. The predicted octanol–water partition coefficient (Wildman–Crippen LogP) is 2.90. The van der Waals surface area contributed by atoms with E-state index in [1.165, 1.54) is 0 Å². The molecule has 2 fully saturated rings. The molecule has 36 heavy (non-hydrogen) atoms. The first-order valence-electron chi connectivity index (χ1n) is 12.6. The number of likely N-dealkylation sites (tertiary alicyclic amines) is 2. The Morgan fingerprint density at radius 3 is 2.58 bits per heavy atom. The van der Waals surface area contributed by atoms with Crippen LogP contribution in [0.15, 0.2) is 36.5 Å². The van der Waals surface area contributed by atoms with Crippen LogP contribution in [0.5, 0.6) is 0 Å². The van der Waals surface area contributed by atoms with Crippen molar-refractivity contribution in [3.63, 3.8) is 0 Å². The topological polar surface area (TPSA) is 126 Å². The minimum absolute atomic E-state index is 0.0449. The van der Waals surface area contributed by atoms with Crippen molar-refractivity contribution in [1.82, 2.24) is 24.3 Å². The Labute approximate surface area is 209 Å². The van der Waals surface area contributed by atoms with E-state index in [1.54, 1.807) is 36.5 Å². The fraction of sp³-hybridized carbons (Fsp3) is 0.423. The number of pyridine rings is 1. The van der Waals surface area contributed by atoms with Gasteiger partial charge in [-0.15, -0.1) is 0 Å². The third-order valence-corrected chi connectivity index (χ3v) is 6.83. The molecule has 0 bridgehead atoms. The largest absolute Gasteiger partial charge is 0.399 e. The molecule has 188 valence electrons. The maximum Gasteiger partial charge on any atom is 0.258 e. The summed E-state index contributed by atoms with van der Waals surface area (Å²) in [6, 6.07) is 8.48. The molecule has 0 atom stereocenters. The number of amides is 3. The number of aromatic nitrogens is 3. The van der Waals surface area contributed by atoms with E-state index in [1.807, 2.05) is 14.4 Å². The van der Waals surface area contributed by atoms with Crippen molar-refractivity contribution in [2.45, 2.75) is 45.1 Å². The molecule has 3 amide bonds. The smallest absolute Gasteiger partial charge is 0.258 e. The zero-order valence-electron chi connectivity index (χ0n) is 20.3. The van der Waals surface area contributed by atoms with Gasteiger partial charge in [0.25, 0.3) is 11.8 Å². The van der Waals surface area contributed by atoms with Crippen LogP contribution in [0.3, 0.4) is 0 Å². The summed E-state index contributed by atoms with van der Waals surface area (Å²) in [5.74, 6) is 0.148. The first kappa shape index (κ1) is 23.8. The number of piperidine rings is 1. The van der Waals surface area contributed by atoms with Gasteiger partial charge in [-0.25, -0.2) is 9.97 Å². The number of rotatable bonds is 7. The predicted molar refractivity (Wildman–Crippen MR) is 137 cm³/mol. The lowest BCUT2D eigenvalue weighted by atomic mass is 10.1. The first-order chi connectivity index (χ1) is 17.5. The quantitative estimate of drug-likeness (QED) is 0.492. The van der Waals surface area contributed by atoms with Crippen molar-refractivity contribution in [3.05, 3.63) is 47.7 Å². The van der Waals surface area contributed by atoms with Gasteiger partial charge in [-0.2, -0.15) is 0 Å². The minimum atomic E-state index is -0.335. The number of carbonyl (C=O) groups excluding carboxylic acids is 3. The summed E-state index contributed by atoms with van der Waals surface area (Å²) in [6.45, 7) is 3.43. The summed E-state index contributed by atoms with van der Waals surface area (Å²) in [6.07, 6.45) is 6.93. The maximum absolute atomic E-state index is 13.0. The van der Waals surface area contributed by atoms with Crippen molar-refractivity contribution in [3.8, 4) is 0 Å². The molecule has 10 nitrogen and oxygen atoms in total. The van der Waals surface area contributed by atoms with Gasteiger partial charge in [0.05, 0.1) is 5.56 Å². The second kappa shape index (κ2) is 10.3. The molecule has 3 aromatic rings. The number of carbonyl (C=O) groups is 3. The molecule has 0 spiro atoms. The number of anilines is 2. The van der Waals surface area contributed by atoms with Gasteiger partial charge in [-0.3, -0.25) is 24.3 Å². The van der Waals surface area contributed by atoms with Crippen molar-refractivity contribution >= 4 is 40.5 Å². The number of nitrogens with two attached hydrogens (primary N) is 1. The highest BCUT2D eigenvalue weighted by molar-refractivity contribution is 6.04. The molecule has 0 unspecified atom stereocenters. The van der Waals surface area contributed by atoms with Gasteiger partial charge < -0.3 is 15.5 Å². The van der Waals surface area contributed by atoms with Gasteiger partial charge in [0.2, 0.25) is 11.9 Å². The molecule has 2 aliphatic heterocycles. The Hall–Kier alpha value is -3.95. The molecular weight excluding hydrogens is 458 g/mol. The zero-order chi connectivity index (χ0) is 25.1. The van der Waals surface area contributed by atoms with Gasteiger partial charge in [0, 0.05) is 56.6 Å². The van der Waals surface area contributed by atoms with Crippen LogP contribution in [-0.2, 0) is 11.3 Å². The summed E-state index contributed by atoms with van der Waals surface area (Å²) in [7, 11) is 0. The molecule has 10 heteroatoms. The number of benzene rings is 1. The molecule has 0 aliphatic carbocycles. The van der Waals surface area contributed by atoms with Crippen molar-refractivity contribution < 1.29 is 14.4 Å². The standard InChI is InChI=1S/C26H31N7O3/c27-20-8-4-7-18(15-20)24(35)30-26-29-21-16-19(25(36)32-10-2-1-3-11-32)17-28-23(21)33(26)14-6-13-31-12-5-9-22(31)34/h4,7-8,15-17H,1-3,5-6,9-14,27H2,(H,29,30,35). The van der Waals surface area contributed by atoms with Gasteiger partial charge in [-0.1, -0.05) is 6.07 Å². The molecule has 0 radical (unpaired) electrons. The molecule has 2 saturated heterocycles. The highest BCUT2D eigenvalue weighted by Gasteiger charge is 2.23. The van der Waals surface area contributed by atoms with Crippen LogP contribution in [0.2, 0.25) is 0 Å². The maximum atomic E-state index is 13.0. The lowest BCUT2D eigenvalue weighted by molar-refractivity contribution is -0.127. The SMILES string of the molecule is Nc1cccc(C(=O)Nc2nc3cc(C(=O)N4CCCCC4)cnc3n2CCCN2CCCC2=O)c1. The van der Waals surface area contributed by atoms with E-state index in [9.17, 15) is 14.4 Å². The van der Waals surface area contributed by atoms with Crippen LogP contribution < -0.4 is 11.1 Å². The fourth-order valence-corrected chi connectivity index (χ4v) is 4.93. The molecule has 1 aromatic carbocycles. The van der Waals surface area contributed by atoms with E-state index in [4.69, 9.17) is 5.73 Å². The van der Waals surface area contributed by atoms with E-state index in [0.717, 1.165) is 45.3 Å². The molecule has 2 aromatic heterocycles. The van der Waals surface area contributed by atoms with Crippen LogP contribution in [-0.4, -0.2) is 68.2 Å². The van der Waals surface area contributed by atoms with Gasteiger partial charge >= 0.3 is 0 Å². The summed E-state index contributed by atoms with van der Waals surface area (Å²) in [4.78, 5) is 50.9. The third-order valence-electron chi connectivity index (χ3n) is 6.83. The number of imidazole rings is 1. The molecule has 4 heterocycles. The van der Waals surface area contributed by atoms with E-state index in [-0.39, 0.29) is 17.7 Å². The number of hydrogen-bond acceptors (Lipinski definition) is 6. The Balaban J connectivity index is 1.41.